The minimum atomic E-state index is -3.81. The van der Waals surface area contributed by atoms with Crippen LogP contribution in [0.1, 0.15) is 36.1 Å². The van der Waals surface area contributed by atoms with Crippen LogP contribution in [-0.4, -0.2) is 44.7 Å². The lowest BCUT2D eigenvalue weighted by atomic mass is 9.94. The van der Waals surface area contributed by atoms with Crippen molar-refractivity contribution in [1.29, 1.82) is 0 Å². The first-order valence-corrected chi connectivity index (χ1v) is 14.3. The van der Waals surface area contributed by atoms with Crippen LogP contribution in [0.25, 0.3) is 11.1 Å². The van der Waals surface area contributed by atoms with E-state index in [1.807, 2.05) is 62.4 Å². The number of benzene rings is 3. The first-order chi connectivity index (χ1) is 18.1. The summed E-state index contributed by atoms with van der Waals surface area (Å²) in [4.78, 5) is 26.8. The van der Waals surface area contributed by atoms with Gasteiger partial charge in [-0.15, -0.1) is 0 Å². The SMILES string of the molecule is CCOC(=O)Cc1ccc(OS(C)(=O)=O)c(-c2ccc(C)cc2CN(CC)C(=O)NCc2ccccc2)c1. The van der Waals surface area contributed by atoms with Crippen LogP contribution in [0.5, 0.6) is 5.75 Å². The van der Waals surface area contributed by atoms with Gasteiger partial charge in [0.15, 0.2) is 0 Å². The number of hydrogen-bond acceptors (Lipinski definition) is 6. The molecule has 0 atom stereocenters. The predicted molar refractivity (Wildman–Crippen MR) is 147 cm³/mol. The van der Waals surface area contributed by atoms with Crippen LogP contribution in [0.4, 0.5) is 4.79 Å². The highest BCUT2D eigenvalue weighted by Gasteiger charge is 2.19. The van der Waals surface area contributed by atoms with Crippen LogP contribution >= 0.6 is 0 Å². The van der Waals surface area contributed by atoms with E-state index in [1.54, 1.807) is 30.0 Å². The Kier molecular flexibility index (Phi) is 9.90. The average Bonchev–Trinajstić information content (AvgIpc) is 2.87. The highest BCUT2D eigenvalue weighted by molar-refractivity contribution is 7.86. The summed E-state index contributed by atoms with van der Waals surface area (Å²) in [7, 11) is -3.81. The standard InChI is InChI=1S/C29H34N2O6S/c1-5-31(29(33)30-19-22-10-8-7-9-11-22)20-24-16-21(3)12-14-25(24)26-17-23(18-28(32)36-6-2)13-15-27(26)37-38(4,34)35/h7-17H,5-6,18-20H2,1-4H3,(H,30,33). The van der Waals surface area contributed by atoms with Gasteiger partial charge in [-0.2, -0.15) is 8.42 Å². The number of nitrogens with one attached hydrogen (secondary N) is 1. The number of hydrogen-bond donors (Lipinski definition) is 1. The molecule has 0 bridgehead atoms. The number of amides is 2. The predicted octanol–water partition coefficient (Wildman–Crippen LogP) is 4.84. The molecule has 8 nitrogen and oxygen atoms in total. The molecule has 3 aromatic carbocycles. The van der Waals surface area contributed by atoms with Crippen molar-refractivity contribution in [2.45, 2.75) is 40.3 Å². The quantitative estimate of drug-likeness (QED) is 0.277. The first-order valence-electron chi connectivity index (χ1n) is 12.4. The smallest absolute Gasteiger partial charge is 0.317 e. The molecule has 2 amide bonds. The average molecular weight is 539 g/mol. The second-order valence-electron chi connectivity index (χ2n) is 8.92. The maximum Gasteiger partial charge on any atom is 0.317 e. The number of carbonyl (C=O) groups excluding carboxylic acids is 2. The Balaban J connectivity index is 1.96. The summed E-state index contributed by atoms with van der Waals surface area (Å²) >= 11 is 0. The molecule has 3 aromatic rings. The Labute approximate surface area is 224 Å². The molecule has 9 heteroatoms. The molecule has 0 aromatic heterocycles. The summed E-state index contributed by atoms with van der Waals surface area (Å²) in [6.45, 7) is 7.00. The summed E-state index contributed by atoms with van der Waals surface area (Å²) in [6, 6.07) is 20.1. The molecular formula is C29H34N2O6S. The molecular weight excluding hydrogens is 504 g/mol. The zero-order valence-electron chi connectivity index (χ0n) is 22.2. The van der Waals surface area contributed by atoms with E-state index >= 15 is 0 Å². The number of aryl methyl sites for hydroxylation is 1. The van der Waals surface area contributed by atoms with E-state index in [0.29, 0.717) is 29.8 Å². The lowest BCUT2D eigenvalue weighted by molar-refractivity contribution is -0.142. The molecule has 0 fully saturated rings. The number of nitrogens with zero attached hydrogens (tertiary/aromatic N) is 1. The molecule has 0 radical (unpaired) electrons. The Morgan fingerprint density at radius 3 is 2.32 bits per heavy atom. The Morgan fingerprint density at radius 1 is 0.921 bits per heavy atom. The van der Waals surface area contributed by atoms with Crippen molar-refractivity contribution in [1.82, 2.24) is 10.2 Å². The molecule has 0 unspecified atom stereocenters. The van der Waals surface area contributed by atoms with Crippen molar-refractivity contribution in [3.8, 4) is 16.9 Å². The van der Waals surface area contributed by atoms with Gasteiger partial charge < -0.3 is 19.1 Å². The van der Waals surface area contributed by atoms with Crippen molar-refractivity contribution in [3.05, 3.63) is 89.0 Å². The van der Waals surface area contributed by atoms with Crippen molar-refractivity contribution < 1.29 is 26.9 Å². The number of rotatable bonds is 11. The van der Waals surface area contributed by atoms with E-state index < -0.39 is 10.1 Å². The lowest BCUT2D eigenvalue weighted by Gasteiger charge is -2.24. The van der Waals surface area contributed by atoms with Gasteiger partial charge in [-0.3, -0.25) is 4.79 Å². The number of ether oxygens (including phenoxy) is 1. The maximum atomic E-state index is 13.0. The fourth-order valence-electron chi connectivity index (χ4n) is 4.05. The third-order valence-electron chi connectivity index (χ3n) is 5.81. The van der Waals surface area contributed by atoms with Crippen molar-refractivity contribution >= 4 is 22.1 Å². The van der Waals surface area contributed by atoms with Gasteiger partial charge in [-0.1, -0.05) is 60.2 Å². The third-order valence-corrected chi connectivity index (χ3v) is 6.29. The van der Waals surface area contributed by atoms with E-state index in [-0.39, 0.29) is 37.3 Å². The molecule has 3 rings (SSSR count). The van der Waals surface area contributed by atoms with Gasteiger partial charge in [0, 0.05) is 25.2 Å². The van der Waals surface area contributed by atoms with E-state index in [9.17, 15) is 18.0 Å². The number of carbonyl (C=O) groups is 2. The summed E-state index contributed by atoms with van der Waals surface area (Å²) in [5.41, 5.74) is 4.65. The number of urea groups is 1. The second-order valence-corrected chi connectivity index (χ2v) is 10.5. The minimum absolute atomic E-state index is 0.0319. The summed E-state index contributed by atoms with van der Waals surface area (Å²) in [5, 5.41) is 2.96. The first kappa shape index (κ1) is 28.7. The molecule has 202 valence electrons. The van der Waals surface area contributed by atoms with Gasteiger partial charge in [0.2, 0.25) is 0 Å². The van der Waals surface area contributed by atoms with Gasteiger partial charge in [0.05, 0.1) is 19.3 Å². The topological polar surface area (TPSA) is 102 Å². The van der Waals surface area contributed by atoms with Crippen LogP contribution in [0, 0.1) is 6.92 Å². The molecule has 0 saturated heterocycles. The van der Waals surface area contributed by atoms with Crippen LogP contribution in [-0.2, 0) is 39.2 Å². The van der Waals surface area contributed by atoms with Crippen molar-refractivity contribution in [2.75, 3.05) is 19.4 Å². The van der Waals surface area contributed by atoms with E-state index in [4.69, 9.17) is 8.92 Å². The maximum absolute atomic E-state index is 13.0. The molecule has 0 spiro atoms. The molecule has 0 aliphatic carbocycles. The Hall–Kier alpha value is -3.85. The van der Waals surface area contributed by atoms with E-state index in [0.717, 1.165) is 22.9 Å². The fraction of sp³-hybridized carbons (Fsp3) is 0.310. The molecule has 1 N–H and O–H groups in total. The van der Waals surface area contributed by atoms with Gasteiger partial charge in [-0.25, -0.2) is 4.79 Å². The Bertz CT molecular complexity index is 1370. The zero-order valence-corrected chi connectivity index (χ0v) is 23.0. The Morgan fingerprint density at radius 2 is 1.66 bits per heavy atom. The third kappa shape index (κ3) is 8.34. The van der Waals surface area contributed by atoms with Crippen molar-refractivity contribution in [3.63, 3.8) is 0 Å². The van der Waals surface area contributed by atoms with Crippen LogP contribution in [0.2, 0.25) is 0 Å². The van der Waals surface area contributed by atoms with Gasteiger partial charge in [0.1, 0.15) is 5.75 Å². The fourth-order valence-corrected chi connectivity index (χ4v) is 4.52. The lowest BCUT2D eigenvalue weighted by Crippen LogP contribution is -2.39. The van der Waals surface area contributed by atoms with Crippen LogP contribution in [0.3, 0.4) is 0 Å². The van der Waals surface area contributed by atoms with Gasteiger partial charge in [0.25, 0.3) is 0 Å². The summed E-state index contributed by atoms with van der Waals surface area (Å²) < 4.78 is 34.4. The van der Waals surface area contributed by atoms with Gasteiger partial charge in [-0.05, 0) is 55.2 Å². The monoisotopic (exact) mass is 538 g/mol. The second kappa shape index (κ2) is 13.1. The van der Waals surface area contributed by atoms with E-state index in [1.165, 1.54) is 0 Å². The number of esters is 1. The van der Waals surface area contributed by atoms with Crippen molar-refractivity contribution in [2.24, 2.45) is 0 Å². The summed E-state index contributed by atoms with van der Waals surface area (Å²) in [6.07, 6.45) is 1.01. The van der Waals surface area contributed by atoms with Crippen LogP contribution < -0.4 is 9.50 Å². The summed E-state index contributed by atoms with van der Waals surface area (Å²) in [5.74, 6) is -0.242. The molecule has 0 aliphatic heterocycles. The normalized spacial score (nSPS) is 11.1. The zero-order chi connectivity index (χ0) is 27.7. The highest BCUT2D eigenvalue weighted by Crippen LogP contribution is 2.35. The van der Waals surface area contributed by atoms with E-state index in [2.05, 4.69) is 5.32 Å². The molecule has 0 aliphatic rings. The largest absolute Gasteiger partial charge is 0.466 e. The van der Waals surface area contributed by atoms with Gasteiger partial charge >= 0.3 is 22.1 Å². The minimum Gasteiger partial charge on any atom is -0.466 e. The molecule has 0 heterocycles. The highest BCUT2D eigenvalue weighted by atomic mass is 32.2. The molecule has 38 heavy (non-hydrogen) atoms. The molecule has 0 saturated carbocycles. The van der Waals surface area contributed by atoms with Crippen LogP contribution in [0.15, 0.2) is 66.7 Å².